The molecule has 0 N–H and O–H groups in total. The van der Waals surface area contributed by atoms with Gasteiger partial charge < -0.3 is 28.4 Å². The van der Waals surface area contributed by atoms with Crippen LogP contribution in [-0.4, -0.2) is 69.0 Å². The van der Waals surface area contributed by atoms with Gasteiger partial charge in [-0.3, -0.25) is 14.4 Å². The third-order valence-electron chi connectivity index (χ3n) is 10.4. The van der Waals surface area contributed by atoms with Crippen LogP contribution in [0, 0.1) is 6.92 Å². The summed E-state index contributed by atoms with van der Waals surface area (Å²) in [6, 6.07) is 15.3. The highest BCUT2D eigenvalue weighted by molar-refractivity contribution is 5.91. The fourth-order valence-electron chi connectivity index (χ4n) is 6.74. The lowest BCUT2D eigenvalue weighted by Gasteiger charge is -2.29. The summed E-state index contributed by atoms with van der Waals surface area (Å²) in [5.41, 5.74) is 3.30. The van der Waals surface area contributed by atoms with E-state index in [-0.39, 0.29) is 23.9 Å². The Morgan fingerprint density at radius 1 is 0.542 bits per heavy atom. The van der Waals surface area contributed by atoms with Gasteiger partial charge in [0.15, 0.2) is 0 Å². The molecule has 0 bridgehead atoms. The molecule has 1 aliphatic rings. The van der Waals surface area contributed by atoms with Gasteiger partial charge in [-0.1, -0.05) is 42.8 Å². The zero-order chi connectivity index (χ0) is 42.5. The Labute approximate surface area is 351 Å². The second-order valence-corrected chi connectivity index (χ2v) is 15.6. The quantitative estimate of drug-likeness (QED) is 0.0244. The van der Waals surface area contributed by atoms with Crippen molar-refractivity contribution in [2.75, 3.05) is 33.0 Å². The second kappa shape index (κ2) is 29.7. The SMILES string of the molecule is C=C(C)C(=O)OCCCCCC(=O)OCCCCCC(=O)OCCCCCC(=O)OCCCCCCOC1CCC(c2ccc(OC(=O)c3ccc(C)cc3)cc2)CC1. The van der Waals surface area contributed by atoms with E-state index in [2.05, 4.69) is 18.7 Å². The molecule has 0 atom stereocenters. The minimum Gasteiger partial charge on any atom is -0.466 e. The van der Waals surface area contributed by atoms with E-state index in [9.17, 15) is 24.0 Å². The van der Waals surface area contributed by atoms with Gasteiger partial charge in [0.05, 0.1) is 38.1 Å². The highest BCUT2D eigenvalue weighted by Crippen LogP contribution is 2.35. The van der Waals surface area contributed by atoms with E-state index in [1.165, 1.54) is 5.56 Å². The summed E-state index contributed by atoms with van der Waals surface area (Å²) in [4.78, 5) is 59.6. The molecule has 3 rings (SSSR count). The van der Waals surface area contributed by atoms with Gasteiger partial charge in [-0.25, -0.2) is 9.59 Å². The molecule has 1 aliphatic carbocycles. The molecular weight excluding hydrogens is 753 g/mol. The molecule has 1 saturated carbocycles. The van der Waals surface area contributed by atoms with E-state index >= 15 is 0 Å². The fraction of sp³-hybridized carbons (Fsp3) is 0.604. The van der Waals surface area contributed by atoms with Crippen molar-refractivity contribution in [3.05, 3.63) is 77.4 Å². The Morgan fingerprint density at radius 2 is 0.983 bits per heavy atom. The van der Waals surface area contributed by atoms with Crippen molar-refractivity contribution in [1.82, 2.24) is 0 Å². The number of aryl methyl sites for hydroxylation is 1. The summed E-state index contributed by atoms with van der Waals surface area (Å²) in [5, 5.41) is 0. The maximum Gasteiger partial charge on any atom is 0.343 e. The summed E-state index contributed by atoms with van der Waals surface area (Å²) >= 11 is 0. The lowest BCUT2D eigenvalue weighted by Crippen LogP contribution is -2.21. The minimum atomic E-state index is -0.394. The van der Waals surface area contributed by atoms with Crippen molar-refractivity contribution >= 4 is 29.8 Å². The van der Waals surface area contributed by atoms with Crippen LogP contribution in [0.15, 0.2) is 60.7 Å². The van der Waals surface area contributed by atoms with Gasteiger partial charge in [0, 0.05) is 31.4 Å². The van der Waals surface area contributed by atoms with Crippen LogP contribution in [0.4, 0.5) is 0 Å². The van der Waals surface area contributed by atoms with Gasteiger partial charge in [0.2, 0.25) is 0 Å². The van der Waals surface area contributed by atoms with Gasteiger partial charge >= 0.3 is 29.8 Å². The largest absolute Gasteiger partial charge is 0.466 e. The molecule has 0 amide bonds. The number of benzene rings is 2. The molecule has 0 saturated heterocycles. The molecule has 1 fully saturated rings. The van der Waals surface area contributed by atoms with E-state index in [0.29, 0.717) is 113 Å². The highest BCUT2D eigenvalue weighted by Gasteiger charge is 2.23. The molecule has 2 aromatic carbocycles. The summed E-state index contributed by atoms with van der Waals surface area (Å²) in [7, 11) is 0. The predicted molar refractivity (Wildman–Crippen MR) is 226 cm³/mol. The van der Waals surface area contributed by atoms with Crippen LogP contribution in [0.25, 0.3) is 0 Å². The summed E-state index contributed by atoms with van der Waals surface area (Å²) in [6.07, 6.45) is 16.0. The van der Waals surface area contributed by atoms with Gasteiger partial charge in [-0.05, 0) is 152 Å². The number of esters is 5. The molecule has 59 heavy (non-hydrogen) atoms. The van der Waals surface area contributed by atoms with Crippen LogP contribution in [-0.2, 0) is 42.9 Å². The number of hydrogen-bond acceptors (Lipinski definition) is 11. The minimum absolute atomic E-state index is 0.178. The van der Waals surface area contributed by atoms with Gasteiger partial charge in [-0.2, -0.15) is 0 Å². The maximum absolute atomic E-state index is 12.4. The first kappa shape index (κ1) is 48.9. The van der Waals surface area contributed by atoms with Crippen molar-refractivity contribution in [2.45, 2.75) is 154 Å². The summed E-state index contributed by atoms with van der Waals surface area (Å²) in [5.74, 6) is -0.336. The average Bonchev–Trinajstić information content (AvgIpc) is 3.23. The molecular formula is C48H68O11. The Kier molecular flexibility index (Phi) is 24.6. The summed E-state index contributed by atoms with van der Waals surface area (Å²) in [6.45, 7) is 9.32. The molecule has 0 aromatic heterocycles. The zero-order valence-corrected chi connectivity index (χ0v) is 35.6. The van der Waals surface area contributed by atoms with Crippen molar-refractivity contribution in [3.63, 3.8) is 0 Å². The third kappa shape index (κ3) is 22.4. The Morgan fingerprint density at radius 3 is 1.46 bits per heavy atom. The molecule has 11 nitrogen and oxygen atoms in total. The van der Waals surface area contributed by atoms with E-state index in [1.54, 1.807) is 19.1 Å². The first-order chi connectivity index (χ1) is 28.6. The monoisotopic (exact) mass is 820 g/mol. The Hall–Kier alpha value is -4.51. The number of carbonyl (C=O) groups is 5. The molecule has 11 heteroatoms. The molecule has 0 heterocycles. The van der Waals surface area contributed by atoms with Crippen molar-refractivity contribution < 1.29 is 52.4 Å². The van der Waals surface area contributed by atoms with Crippen LogP contribution < -0.4 is 4.74 Å². The first-order valence-corrected chi connectivity index (χ1v) is 21.9. The lowest BCUT2D eigenvalue weighted by molar-refractivity contribution is -0.145. The standard InChI is InChI=1S/C48H68O11/c1-37(2)47(52)58-36-16-8-11-19-46(51)57-35-15-7-10-18-45(50)56-34-14-6-9-17-44(49)55-33-13-5-4-12-32-54-42-28-24-39(25-29-42)40-26-30-43(31-27-40)59-48(53)41-22-20-38(3)21-23-41/h20-23,26-27,30-31,39,42H,1,4-19,24-25,28-29,32-36H2,2-3H3. The smallest absolute Gasteiger partial charge is 0.343 e. The van der Waals surface area contributed by atoms with Crippen LogP contribution in [0.3, 0.4) is 0 Å². The molecule has 2 aromatic rings. The van der Waals surface area contributed by atoms with Crippen LogP contribution >= 0.6 is 0 Å². The molecule has 0 unspecified atom stereocenters. The third-order valence-corrected chi connectivity index (χ3v) is 10.4. The Balaban J connectivity index is 1.04. The highest BCUT2D eigenvalue weighted by atomic mass is 16.5. The molecule has 0 radical (unpaired) electrons. The number of ether oxygens (including phenoxy) is 6. The first-order valence-electron chi connectivity index (χ1n) is 21.9. The van der Waals surface area contributed by atoms with E-state index in [4.69, 9.17) is 28.4 Å². The maximum atomic E-state index is 12.4. The zero-order valence-electron chi connectivity index (χ0n) is 35.6. The number of unbranched alkanes of at least 4 members (excludes halogenated alkanes) is 9. The normalized spacial score (nSPS) is 14.9. The predicted octanol–water partition coefficient (Wildman–Crippen LogP) is 10.2. The topological polar surface area (TPSA) is 141 Å². The van der Waals surface area contributed by atoms with Crippen LogP contribution in [0.2, 0.25) is 0 Å². The van der Waals surface area contributed by atoms with E-state index < -0.39 is 5.97 Å². The number of carbonyl (C=O) groups excluding carboxylic acids is 5. The van der Waals surface area contributed by atoms with E-state index in [1.807, 2.05) is 31.2 Å². The van der Waals surface area contributed by atoms with Crippen molar-refractivity contribution in [1.29, 1.82) is 0 Å². The summed E-state index contributed by atoms with van der Waals surface area (Å²) < 4.78 is 32.7. The van der Waals surface area contributed by atoms with Crippen LogP contribution in [0.5, 0.6) is 5.75 Å². The average molecular weight is 821 g/mol. The number of hydrogen-bond donors (Lipinski definition) is 0. The van der Waals surface area contributed by atoms with Crippen molar-refractivity contribution in [3.8, 4) is 5.75 Å². The lowest BCUT2D eigenvalue weighted by atomic mass is 9.83. The molecule has 0 spiro atoms. The van der Waals surface area contributed by atoms with Gasteiger partial charge in [0.25, 0.3) is 0 Å². The van der Waals surface area contributed by atoms with E-state index in [0.717, 1.165) is 82.8 Å². The number of rotatable bonds is 30. The molecule has 326 valence electrons. The second-order valence-electron chi connectivity index (χ2n) is 15.6. The fourth-order valence-corrected chi connectivity index (χ4v) is 6.74. The van der Waals surface area contributed by atoms with Crippen molar-refractivity contribution in [2.24, 2.45) is 0 Å². The van der Waals surface area contributed by atoms with Gasteiger partial charge in [0.1, 0.15) is 5.75 Å². The molecule has 0 aliphatic heterocycles. The van der Waals surface area contributed by atoms with Gasteiger partial charge in [-0.15, -0.1) is 0 Å². The Bertz CT molecular complexity index is 1540. The van der Waals surface area contributed by atoms with Crippen LogP contribution in [0.1, 0.15) is 163 Å².